The second-order valence-electron chi connectivity index (χ2n) is 6.96. The molecule has 0 aliphatic carbocycles. The van der Waals surface area contributed by atoms with Gasteiger partial charge in [-0.25, -0.2) is 4.98 Å². The fourth-order valence-corrected chi connectivity index (χ4v) is 5.15. The monoisotopic (exact) mass is 386 g/mol. The molecule has 0 bridgehead atoms. The van der Waals surface area contributed by atoms with Gasteiger partial charge in [0.15, 0.2) is 4.96 Å². The highest BCUT2D eigenvalue weighted by Crippen LogP contribution is 2.30. The summed E-state index contributed by atoms with van der Waals surface area (Å²) in [6, 6.07) is 8.19. The molecule has 4 heterocycles. The lowest BCUT2D eigenvalue weighted by molar-refractivity contribution is 0.0565. The number of amides is 1. The first kappa shape index (κ1) is 16.3. The van der Waals surface area contributed by atoms with Gasteiger partial charge in [0, 0.05) is 42.8 Å². The largest absolute Gasteiger partial charge is 0.334 e. The fourth-order valence-electron chi connectivity index (χ4n) is 4.07. The smallest absolute Gasteiger partial charge is 0.271 e. The van der Waals surface area contributed by atoms with E-state index in [1.54, 1.807) is 0 Å². The number of piperazine rings is 1. The van der Waals surface area contributed by atoms with Crippen LogP contribution >= 0.6 is 22.9 Å². The number of fused-ring (bicyclic) bond motifs is 2. The van der Waals surface area contributed by atoms with E-state index in [0.29, 0.717) is 16.8 Å². The van der Waals surface area contributed by atoms with Crippen LogP contribution in [-0.2, 0) is 0 Å². The highest BCUT2D eigenvalue weighted by Gasteiger charge is 2.33. The number of thiazole rings is 1. The number of hydrogen-bond acceptors (Lipinski definition) is 4. The lowest BCUT2D eigenvalue weighted by Gasteiger charge is -2.37. The Balaban J connectivity index is 1.46. The fraction of sp³-hybridized carbons (Fsp3) is 0.368. The first-order valence-corrected chi connectivity index (χ1v) is 10.2. The average Bonchev–Trinajstić information content (AvgIpc) is 3.36. The zero-order valence-electron chi connectivity index (χ0n) is 14.3. The zero-order valence-corrected chi connectivity index (χ0v) is 15.8. The van der Waals surface area contributed by atoms with Gasteiger partial charge in [0.1, 0.15) is 5.69 Å². The molecule has 2 aliphatic rings. The maximum absolute atomic E-state index is 13.1. The topological polar surface area (TPSA) is 40.9 Å². The van der Waals surface area contributed by atoms with Crippen molar-refractivity contribution in [2.75, 3.05) is 26.2 Å². The summed E-state index contributed by atoms with van der Waals surface area (Å²) < 4.78 is 1.91. The molecule has 26 heavy (non-hydrogen) atoms. The molecule has 5 rings (SSSR count). The predicted octanol–water partition coefficient (Wildman–Crippen LogP) is 3.64. The SMILES string of the molecule is O=C(c1csc2nc(-c3ccccc3Cl)cn12)N1CCN2CCCC2C1. The van der Waals surface area contributed by atoms with Gasteiger partial charge < -0.3 is 4.90 Å². The molecule has 2 aliphatic heterocycles. The summed E-state index contributed by atoms with van der Waals surface area (Å²) in [5.41, 5.74) is 2.39. The molecule has 2 saturated heterocycles. The molecular formula is C19H19ClN4OS. The number of carbonyl (C=O) groups excluding carboxylic acids is 1. The summed E-state index contributed by atoms with van der Waals surface area (Å²) in [4.78, 5) is 23.1. The van der Waals surface area contributed by atoms with Crippen LogP contribution in [0, 0.1) is 0 Å². The van der Waals surface area contributed by atoms with Crippen molar-refractivity contribution >= 4 is 33.8 Å². The van der Waals surface area contributed by atoms with E-state index in [1.807, 2.05) is 45.1 Å². The minimum atomic E-state index is 0.103. The average molecular weight is 387 g/mol. The molecule has 2 aromatic heterocycles. The zero-order chi connectivity index (χ0) is 17.7. The second kappa shape index (κ2) is 6.37. The van der Waals surface area contributed by atoms with E-state index in [-0.39, 0.29) is 5.91 Å². The van der Waals surface area contributed by atoms with Gasteiger partial charge in [0.2, 0.25) is 0 Å². The third kappa shape index (κ3) is 2.64. The van der Waals surface area contributed by atoms with Crippen LogP contribution in [0.2, 0.25) is 5.02 Å². The van der Waals surface area contributed by atoms with E-state index in [1.165, 1.54) is 30.7 Å². The van der Waals surface area contributed by atoms with Gasteiger partial charge in [-0.3, -0.25) is 14.1 Å². The van der Waals surface area contributed by atoms with E-state index in [0.717, 1.165) is 35.9 Å². The van der Waals surface area contributed by atoms with E-state index < -0.39 is 0 Å². The van der Waals surface area contributed by atoms with Crippen LogP contribution in [0.4, 0.5) is 0 Å². The number of hydrogen-bond donors (Lipinski definition) is 0. The minimum absolute atomic E-state index is 0.103. The Morgan fingerprint density at radius 2 is 2.12 bits per heavy atom. The first-order chi connectivity index (χ1) is 12.7. The van der Waals surface area contributed by atoms with Crippen LogP contribution in [0.25, 0.3) is 16.2 Å². The van der Waals surface area contributed by atoms with Crippen LogP contribution in [0.1, 0.15) is 23.3 Å². The Kier molecular flexibility index (Phi) is 3.99. The summed E-state index contributed by atoms with van der Waals surface area (Å²) in [6.45, 7) is 3.80. The van der Waals surface area contributed by atoms with Crippen molar-refractivity contribution in [1.82, 2.24) is 19.2 Å². The Labute approximate surface area is 160 Å². The molecule has 0 saturated carbocycles. The number of nitrogens with zero attached hydrogens (tertiary/aromatic N) is 4. The molecular weight excluding hydrogens is 368 g/mol. The third-order valence-corrected chi connectivity index (χ3v) is 6.62. The van der Waals surface area contributed by atoms with E-state index >= 15 is 0 Å². The molecule has 5 nitrogen and oxygen atoms in total. The van der Waals surface area contributed by atoms with Crippen molar-refractivity contribution in [3.63, 3.8) is 0 Å². The molecule has 1 aromatic carbocycles. The molecule has 1 atom stereocenters. The van der Waals surface area contributed by atoms with Crippen LogP contribution in [0.3, 0.4) is 0 Å². The minimum Gasteiger partial charge on any atom is -0.334 e. The molecule has 0 radical (unpaired) electrons. The van der Waals surface area contributed by atoms with Crippen molar-refractivity contribution in [3.8, 4) is 11.3 Å². The molecule has 1 amide bonds. The summed E-state index contributed by atoms with van der Waals surface area (Å²) in [5.74, 6) is 0.103. The van der Waals surface area contributed by atoms with Crippen LogP contribution in [-0.4, -0.2) is 57.3 Å². The van der Waals surface area contributed by atoms with Crippen molar-refractivity contribution < 1.29 is 4.79 Å². The van der Waals surface area contributed by atoms with Crippen molar-refractivity contribution in [2.24, 2.45) is 0 Å². The standard InChI is InChI=1S/C19H19ClN4OS/c20-15-6-2-1-5-14(15)16-11-24-17(12-26-19(24)21-16)18(25)23-9-8-22-7-3-4-13(22)10-23/h1-2,5-6,11-13H,3-4,7-10H2. The van der Waals surface area contributed by atoms with Gasteiger partial charge in [-0.05, 0) is 25.5 Å². The number of rotatable bonds is 2. The Morgan fingerprint density at radius 3 is 3.00 bits per heavy atom. The number of benzene rings is 1. The Hall–Kier alpha value is -1.89. The number of aromatic nitrogens is 2. The highest BCUT2D eigenvalue weighted by molar-refractivity contribution is 7.15. The number of halogens is 1. The summed E-state index contributed by atoms with van der Waals surface area (Å²) in [7, 11) is 0. The lowest BCUT2D eigenvalue weighted by atomic mass is 10.1. The summed E-state index contributed by atoms with van der Waals surface area (Å²) in [6.07, 6.45) is 4.37. The van der Waals surface area contributed by atoms with Gasteiger partial charge in [-0.2, -0.15) is 0 Å². The van der Waals surface area contributed by atoms with Crippen molar-refractivity contribution in [3.05, 3.63) is 46.6 Å². The highest BCUT2D eigenvalue weighted by atomic mass is 35.5. The Bertz CT molecular complexity index is 981. The molecule has 0 N–H and O–H groups in total. The maximum Gasteiger partial charge on any atom is 0.271 e. The van der Waals surface area contributed by atoms with Gasteiger partial charge >= 0.3 is 0 Å². The van der Waals surface area contributed by atoms with Gasteiger partial charge in [-0.15, -0.1) is 11.3 Å². The van der Waals surface area contributed by atoms with Gasteiger partial charge in [0.05, 0.1) is 10.7 Å². The van der Waals surface area contributed by atoms with Crippen LogP contribution in [0.15, 0.2) is 35.8 Å². The quantitative estimate of drug-likeness (QED) is 0.675. The van der Waals surface area contributed by atoms with Crippen molar-refractivity contribution in [2.45, 2.75) is 18.9 Å². The number of imidazole rings is 1. The summed E-state index contributed by atoms with van der Waals surface area (Å²) >= 11 is 7.80. The molecule has 2 fully saturated rings. The lowest BCUT2D eigenvalue weighted by Crippen LogP contribution is -2.52. The summed E-state index contributed by atoms with van der Waals surface area (Å²) in [5, 5.41) is 2.59. The maximum atomic E-state index is 13.1. The van der Waals surface area contributed by atoms with Gasteiger partial charge in [0.25, 0.3) is 5.91 Å². The number of carbonyl (C=O) groups is 1. The Morgan fingerprint density at radius 1 is 1.23 bits per heavy atom. The third-order valence-electron chi connectivity index (χ3n) is 5.45. The van der Waals surface area contributed by atoms with E-state index in [9.17, 15) is 4.79 Å². The van der Waals surface area contributed by atoms with E-state index in [2.05, 4.69) is 9.88 Å². The molecule has 7 heteroatoms. The first-order valence-electron chi connectivity index (χ1n) is 8.95. The normalized spacial score (nSPS) is 20.7. The van der Waals surface area contributed by atoms with Crippen molar-refractivity contribution in [1.29, 1.82) is 0 Å². The second-order valence-corrected chi connectivity index (χ2v) is 8.21. The van der Waals surface area contributed by atoms with Crippen LogP contribution < -0.4 is 0 Å². The predicted molar refractivity (Wildman–Crippen MR) is 104 cm³/mol. The molecule has 0 spiro atoms. The molecule has 1 unspecified atom stereocenters. The molecule has 134 valence electrons. The molecule has 3 aromatic rings. The van der Waals surface area contributed by atoms with Crippen LogP contribution in [0.5, 0.6) is 0 Å². The van der Waals surface area contributed by atoms with Gasteiger partial charge in [-0.1, -0.05) is 29.8 Å². The van der Waals surface area contributed by atoms with E-state index in [4.69, 9.17) is 11.6 Å².